The number of hydrogen-bond acceptors (Lipinski definition) is 1. The van der Waals surface area contributed by atoms with E-state index in [2.05, 4.69) is 35.3 Å². The molecular weight excluding hydrogens is 230 g/mol. The van der Waals surface area contributed by atoms with Crippen LogP contribution in [0.2, 0.25) is 5.15 Å². The molecule has 0 amide bonds. The van der Waals surface area contributed by atoms with Gasteiger partial charge in [0.1, 0.15) is 5.15 Å². The van der Waals surface area contributed by atoms with Gasteiger partial charge >= 0.3 is 0 Å². The fourth-order valence-corrected chi connectivity index (χ4v) is 2.06. The van der Waals surface area contributed by atoms with Gasteiger partial charge in [-0.1, -0.05) is 54.1 Å². The van der Waals surface area contributed by atoms with Crippen LogP contribution >= 0.6 is 11.6 Å². The maximum Gasteiger partial charge on any atom is 0.129 e. The molecule has 0 aliphatic heterocycles. The van der Waals surface area contributed by atoms with E-state index in [1.54, 1.807) is 0 Å². The molecule has 0 radical (unpaired) electrons. The average Bonchev–Trinajstić information content (AvgIpc) is 2.39. The monoisotopic (exact) mass is 239 g/mol. The van der Waals surface area contributed by atoms with E-state index in [1.165, 1.54) is 5.56 Å². The highest BCUT2D eigenvalue weighted by atomic mass is 35.5. The second-order valence-corrected chi connectivity index (χ2v) is 4.29. The van der Waals surface area contributed by atoms with E-state index < -0.39 is 0 Å². The number of halogens is 1. The lowest BCUT2D eigenvalue weighted by Gasteiger charge is -2.03. The minimum absolute atomic E-state index is 0.530. The molecule has 1 aromatic heterocycles. The molecule has 1 nitrogen and oxygen atoms in total. The van der Waals surface area contributed by atoms with Gasteiger partial charge in [0.15, 0.2) is 0 Å². The Kier molecular flexibility index (Phi) is 2.54. The average molecular weight is 240 g/mol. The second-order valence-electron chi connectivity index (χ2n) is 3.91. The quantitative estimate of drug-likeness (QED) is 0.568. The molecule has 0 atom stereocenters. The van der Waals surface area contributed by atoms with Gasteiger partial charge < -0.3 is 0 Å². The van der Waals surface area contributed by atoms with Gasteiger partial charge in [-0.15, -0.1) is 0 Å². The van der Waals surface area contributed by atoms with E-state index >= 15 is 0 Å². The van der Waals surface area contributed by atoms with Crippen molar-refractivity contribution >= 4 is 22.5 Å². The molecule has 0 saturated carbocycles. The molecule has 2 heteroatoms. The number of fused-ring (bicyclic) bond motifs is 1. The van der Waals surface area contributed by atoms with E-state index in [1.807, 2.05) is 30.3 Å². The highest BCUT2D eigenvalue weighted by Crippen LogP contribution is 2.24. The lowest BCUT2D eigenvalue weighted by Crippen LogP contribution is -1.82. The van der Waals surface area contributed by atoms with E-state index in [0.29, 0.717) is 5.15 Å². The molecule has 0 spiro atoms. The smallest absolute Gasteiger partial charge is 0.129 e. The Morgan fingerprint density at radius 1 is 0.765 bits per heavy atom. The van der Waals surface area contributed by atoms with Crippen LogP contribution in [-0.4, -0.2) is 4.98 Å². The number of rotatable bonds is 1. The largest absolute Gasteiger partial charge is 0.236 e. The zero-order chi connectivity index (χ0) is 11.7. The molecule has 0 saturated heterocycles. The van der Waals surface area contributed by atoms with Crippen molar-refractivity contribution < 1.29 is 0 Å². The van der Waals surface area contributed by atoms with Crippen LogP contribution in [0.1, 0.15) is 0 Å². The van der Waals surface area contributed by atoms with E-state index in [4.69, 9.17) is 11.6 Å². The zero-order valence-corrected chi connectivity index (χ0v) is 9.85. The van der Waals surface area contributed by atoms with Crippen molar-refractivity contribution in [2.75, 3.05) is 0 Å². The summed E-state index contributed by atoms with van der Waals surface area (Å²) in [6.45, 7) is 0. The molecule has 0 aliphatic carbocycles. The molecule has 3 rings (SSSR count). The van der Waals surface area contributed by atoms with Gasteiger partial charge in [0, 0.05) is 5.39 Å². The topological polar surface area (TPSA) is 12.9 Å². The van der Waals surface area contributed by atoms with Crippen molar-refractivity contribution in [2.45, 2.75) is 0 Å². The molecule has 3 aromatic rings. The van der Waals surface area contributed by atoms with Crippen LogP contribution in [0.15, 0.2) is 60.7 Å². The summed E-state index contributed by atoms with van der Waals surface area (Å²) < 4.78 is 0. The third-order valence-electron chi connectivity index (χ3n) is 2.77. The van der Waals surface area contributed by atoms with E-state index in [9.17, 15) is 0 Å². The highest BCUT2D eigenvalue weighted by Gasteiger charge is 2.00. The minimum Gasteiger partial charge on any atom is -0.236 e. The molecule has 17 heavy (non-hydrogen) atoms. The van der Waals surface area contributed by atoms with Gasteiger partial charge in [-0.05, 0) is 29.3 Å². The van der Waals surface area contributed by atoms with Gasteiger partial charge in [-0.3, -0.25) is 0 Å². The summed E-state index contributed by atoms with van der Waals surface area (Å²) in [5.74, 6) is 0. The lowest BCUT2D eigenvalue weighted by atomic mass is 10.0. The normalized spacial score (nSPS) is 10.6. The van der Waals surface area contributed by atoms with Crippen molar-refractivity contribution in [2.24, 2.45) is 0 Å². The molecule has 0 unspecified atom stereocenters. The second kappa shape index (κ2) is 4.19. The van der Waals surface area contributed by atoms with Gasteiger partial charge in [0.05, 0.1) is 5.52 Å². The Balaban J connectivity index is 2.19. The van der Waals surface area contributed by atoms with E-state index in [0.717, 1.165) is 16.5 Å². The maximum absolute atomic E-state index is 5.91. The third kappa shape index (κ3) is 2.02. The summed E-state index contributed by atoms with van der Waals surface area (Å²) in [7, 11) is 0. The number of hydrogen-bond donors (Lipinski definition) is 0. The molecular formula is C15H10ClN. The van der Waals surface area contributed by atoms with E-state index in [-0.39, 0.29) is 0 Å². The van der Waals surface area contributed by atoms with Crippen molar-refractivity contribution in [3.8, 4) is 11.1 Å². The fourth-order valence-electron chi connectivity index (χ4n) is 1.90. The van der Waals surface area contributed by atoms with Gasteiger partial charge in [-0.25, -0.2) is 4.98 Å². The minimum atomic E-state index is 0.530. The number of pyridine rings is 1. The zero-order valence-electron chi connectivity index (χ0n) is 9.10. The Bertz CT molecular complexity index is 662. The van der Waals surface area contributed by atoms with Crippen LogP contribution in [0.25, 0.3) is 22.0 Å². The highest BCUT2D eigenvalue weighted by molar-refractivity contribution is 6.29. The van der Waals surface area contributed by atoms with Crippen LogP contribution in [0, 0.1) is 0 Å². The molecule has 1 heterocycles. The molecule has 0 N–H and O–H groups in total. The summed E-state index contributed by atoms with van der Waals surface area (Å²) in [5.41, 5.74) is 3.28. The summed E-state index contributed by atoms with van der Waals surface area (Å²) >= 11 is 5.91. The van der Waals surface area contributed by atoms with Gasteiger partial charge in [0.25, 0.3) is 0 Å². The summed E-state index contributed by atoms with van der Waals surface area (Å²) in [6.07, 6.45) is 0. The fraction of sp³-hybridized carbons (Fsp3) is 0. The summed E-state index contributed by atoms with van der Waals surface area (Å²) in [4.78, 5) is 4.33. The Hall–Kier alpha value is -1.86. The maximum atomic E-state index is 5.91. The van der Waals surface area contributed by atoms with Crippen molar-refractivity contribution in [3.05, 3.63) is 65.8 Å². The Morgan fingerprint density at radius 2 is 1.53 bits per heavy atom. The van der Waals surface area contributed by atoms with Gasteiger partial charge in [0.2, 0.25) is 0 Å². The summed E-state index contributed by atoms with van der Waals surface area (Å²) in [6, 6.07) is 20.3. The first-order valence-corrected chi connectivity index (χ1v) is 5.82. The standard InChI is InChI=1S/C15H10ClN/c16-15-9-8-12-6-7-13(10-14(12)17-15)11-4-2-1-3-5-11/h1-10H. The lowest BCUT2D eigenvalue weighted by molar-refractivity contribution is 1.41. The van der Waals surface area contributed by atoms with Crippen molar-refractivity contribution in [1.29, 1.82) is 0 Å². The SMILES string of the molecule is Clc1ccc2ccc(-c3ccccc3)cc2n1. The molecule has 0 aliphatic rings. The molecule has 0 fully saturated rings. The van der Waals surface area contributed by atoms with Gasteiger partial charge in [-0.2, -0.15) is 0 Å². The molecule has 82 valence electrons. The predicted octanol–water partition coefficient (Wildman–Crippen LogP) is 4.56. The number of aromatic nitrogens is 1. The van der Waals surface area contributed by atoms with Crippen molar-refractivity contribution in [1.82, 2.24) is 4.98 Å². The first-order valence-electron chi connectivity index (χ1n) is 5.45. The number of nitrogens with zero attached hydrogens (tertiary/aromatic N) is 1. The van der Waals surface area contributed by atoms with Crippen LogP contribution in [0.5, 0.6) is 0 Å². The predicted molar refractivity (Wildman–Crippen MR) is 72.2 cm³/mol. The Morgan fingerprint density at radius 3 is 2.35 bits per heavy atom. The van der Waals surface area contributed by atoms with Crippen LogP contribution in [0.4, 0.5) is 0 Å². The summed E-state index contributed by atoms with van der Waals surface area (Å²) in [5, 5.41) is 1.64. The third-order valence-corrected chi connectivity index (χ3v) is 2.98. The molecule has 0 bridgehead atoms. The Labute approximate surface area is 105 Å². The first kappa shape index (κ1) is 10.3. The number of benzene rings is 2. The van der Waals surface area contributed by atoms with Crippen LogP contribution in [0.3, 0.4) is 0 Å². The first-order chi connectivity index (χ1) is 8.33. The van der Waals surface area contributed by atoms with Crippen LogP contribution < -0.4 is 0 Å². The van der Waals surface area contributed by atoms with Crippen molar-refractivity contribution in [3.63, 3.8) is 0 Å². The molecule has 2 aromatic carbocycles. The van der Waals surface area contributed by atoms with Crippen LogP contribution in [-0.2, 0) is 0 Å².